The van der Waals surface area contributed by atoms with Crippen molar-refractivity contribution in [1.82, 2.24) is 0 Å². The Hall–Kier alpha value is -3.13. The Kier molecular flexibility index (Phi) is 4.67. The fourth-order valence-corrected chi connectivity index (χ4v) is 1.73. The zero-order valence-electron chi connectivity index (χ0n) is 11.1. The topological polar surface area (TPSA) is 79.2 Å². The van der Waals surface area contributed by atoms with E-state index in [1.54, 1.807) is 48.5 Å². The van der Waals surface area contributed by atoms with E-state index in [0.29, 0.717) is 11.3 Å². The molecule has 0 aromatic heterocycles. The van der Waals surface area contributed by atoms with Crippen molar-refractivity contribution in [2.45, 2.75) is 0 Å². The number of hydrogen-bond donors (Lipinski definition) is 1. The van der Waals surface area contributed by atoms with Crippen LogP contribution in [0.15, 0.2) is 54.6 Å². The fraction of sp³-hybridized carbons (Fsp3) is 0.0625. The molecule has 1 amide bonds. The fourth-order valence-electron chi connectivity index (χ4n) is 1.73. The number of carbonyl (C=O) groups excluding carboxylic acids is 2. The normalized spacial score (nSPS) is 9.48. The maximum absolute atomic E-state index is 12.1. The highest BCUT2D eigenvalue weighted by molar-refractivity contribution is 6.07. The average molecular weight is 280 g/mol. The van der Waals surface area contributed by atoms with Crippen molar-refractivity contribution in [3.63, 3.8) is 0 Å². The number of nitriles is 1. The van der Waals surface area contributed by atoms with Crippen LogP contribution in [0.5, 0.6) is 0 Å². The highest BCUT2D eigenvalue weighted by Gasteiger charge is 2.14. The van der Waals surface area contributed by atoms with Crippen LogP contribution in [0.3, 0.4) is 0 Å². The lowest BCUT2D eigenvalue weighted by molar-refractivity contribution is 0.0556. The first-order valence-corrected chi connectivity index (χ1v) is 6.22. The van der Waals surface area contributed by atoms with Gasteiger partial charge in [0.05, 0.1) is 11.3 Å². The lowest BCUT2D eigenvalue weighted by Gasteiger charge is -2.09. The minimum absolute atomic E-state index is 0.206. The average Bonchev–Trinajstić information content (AvgIpc) is 2.54. The molecular formula is C16H12N2O3. The van der Waals surface area contributed by atoms with E-state index in [0.717, 1.165) is 0 Å². The minimum atomic E-state index is -0.652. The van der Waals surface area contributed by atoms with Gasteiger partial charge in [-0.3, -0.25) is 4.79 Å². The number of benzene rings is 2. The number of esters is 1. The van der Waals surface area contributed by atoms with Crippen molar-refractivity contribution in [2.75, 3.05) is 11.9 Å². The van der Waals surface area contributed by atoms with Crippen LogP contribution in [0.2, 0.25) is 0 Å². The minimum Gasteiger partial charge on any atom is -0.447 e. The summed E-state index contributed by atoms with van der Waals surface area (Å²) in [4.78, 5) is 23.9. The second kappa shape index (κ2) is 6.87. The molecule has 104 valence electrons. The number of hydrogen-bond acceptors (Lipinski definition) is 4. The monoisotopic (exact) mass is 280 g/mol. The summed E-state index contributed by atoms with van der Waals surface area (Å²) in [7, 11) is 0. The first-order valence-electron chi connectivity index (χ1n) is 6.22. The molecule has 0 atom stereocenters. The maximum atomic E-state index is 12.1. The third-order valence-corrected chi connectivity index (χ3v) is 2.70. The Morgan fingerprint density at radius 2 is 1.71 bits per heavy atom. The smallest absolute Gasteiger partial charge is 0.341 e. The van der Waals surface area contributed by atoms with Gasteiger partial charge in [-0.25, -0.2) is 4.79 Å². The first kappa shape index (κ1) is 14.3. The van der Waals surface area contributed by atoms with E-state index in [4.69, 9.17) is 10.00 Å². The van der Waals surface area contributed by atoms with Gasteiger partial charge < -0.3 is 10.1 Å². The quantitative estimate of drug-likeness (QED) is 0.873. The number of nitrogens with one attached hydrogen (secondary N) is 1. The van der Waals surface area contributed by atoms with Gasteiger partial charge in [-0.15, -0.1) is 0 Å². The predicted octanol–water partition coefficient (Wildman–Crippen LogP) is 2.62. The van der Waals surface area contributed by atoms with Crippen LogP contribution in [-0.2, 0) is 4.74 Å². The molecule has 2 rings (SSSR count). The van der Waals surface area contributed by atoms with Crippen LogP contribution in [0.1, 0.15) is 20.7 Å². The van der Waals surface area contributed by atoms with E-state index in [-0.39, 0.29) is 18.1 Å². The number of amides is 1. The van der Waals surface area contributed by atoms with Crippen molar-refractivity contribution >= 4 is 17.6 Å². The Balaban J connectivity index is 2.19. The van der Waals surface area contributed by atoms with Crippen molar-refractivity contribution < 1.29 is 14.3 Å². The SMILES string of the molecule is N#CCOC(=O)c1ccccc1NC(=O)c1ccccc1. The summed E-state index contributed by atoms with van der Waals surface area (Å²) in [5.74, 6) is -0.975. The van der Waals surface area contributed by atoms with Gasteiger partial charge in [-0.2, -0.15) is 5.26 Å². The molecule has 2 aromatic carbocycles. The summed E-state index contributed by atoms with van der Waals surface area (Å²) in [5, 5.41) is 11.1. The van der Waals surface area contributed by atoms with Gasteiger partial charge >= 0.3 is 5.97 Å². The van der Waals surface area contributed by atoms with Crippen LogP contribution in [0.4, 0.5) is 5.69 Å². The molecule has 0 saturated heterocycles. The van der Waals surface area contributed by atoms with Crippen LogP contribution < -0.4 is 5.32 Å². The van der Waals surface area contributed by atoms with Crippen LogP contribution in [0, 0.1) is 11.3 Å². The molecule has 0 fully saturated rings. The Morgan fingerprint density at radius 1 is 1.05 bits per heavy atom. The van der Waals surface area contributed by atoms with E-state index in [9.17, 15) is 9.59 Å². The first-order chi connectivity index (χ1) is 10.2. The molecule has 0 unspecified atom stereocenters. The third kappa shape index (κ3) is 3.67. The van der Waals surface area contributed by atoms with E-state index >= 15 is 0 Å². The van der Waals surface area contributed by atoms with E-state index in [1.807, 2.05) is 6.07 Å². The van der Waals surface area contributed by atoms with Gasteiger partial charge in [0, 0.05) is 5.56 Å². The van der Waals surface area contributed by atoms with Gasteiger partial charge in [0.25, 0.3) is 5.91 Å². The molecule has 0 heterocycles. The number of anilines is 1. The van der Waals surface area contributed by atoms with Crippen molar-refractivity contribution in [3.05, 3.63) is 65.7 Å². The number of nitrogens with zero attached hydrogens (tertiary/aromatic N) is 1. The second-order valence-electron chi connectivity index (χ2n) is 4.10. The van der Waals surface area contributed by atoms with Crippen LogP contribution in [-0.4, -0.2) is 18.5 Å². The summed E-state index contributed by atoms with van der Waals surface area (Å²) in [6.45, 7) is -0.334. The molecule has 2 aromatic rings. The Morgan fingerprint density at radius 3 is 2.43 bits per heavy atom. The number of rotatable bonds is 4. The Labute approximate surface area is 121 Å². The summed E-state index contributed by atoms with van der Waals surface area (Å²) < 4.78 is 4.75. The molecule has 0 bridgehead atoms. The van der Waals surface area contributed by atoms with E-state index in [2.05, 4.69) is 5.32 Å². The maximum Gasteiger partial charge on any atom is 0.341 e. The van der Waals surface area contributed by atoms with Crippen molar-refractivity contribution in [3.8, 4) is 6.07 Å². The van der Waals surface area contributed by atoms with Crippen molar-refractivity contribution in [1.29, 1.82) is 5.26 Å². The summed E-state index contributed by atoms with van der Waals surface area (Å²) >= 11 is 0. The van der Waals surface area contributed by atoms with Gasteiger partial charge in [0.1, 0.15) is 6.07 Å². The molecule has 0 saturated carbocycles. The highest BCUT2D eigenvalue weighted by atomic mass is 16.5. The van der Waals surface area contributed by atoms with Crippen LogP contribution >= 0.6 is 0 Å². The Bertz CT molecular complexity index is 690. The van der Waals surface area contributed by atoms with Gasteiger partial charge in [-0.1, -0.05) is 30.3 Å². The van der Waals surface area contributed by atoms with E-state index < -0.39 is 5.97 Å². The summed E-state index contributed by atoms with van der Waals surface area (Å²) in [6.07, 6.45) is 0. The van der Waals surface area contributed by atoms with Crippen LogP contribution in [0.25, 0.3) is 0 Å². The number of carbonyl (C=O) groups is 2. The van der Waals surface area contributed by atoms with Crippen molar-refractivity contribution in [2.24, 2.45) is 0 Å². The zero-order chi connectivity index (χ0) is 15.1. The van der Waals surface area contributed by atoms with Gasteiger partial charge in [0.2, 0.25) is 0 Å². The molecule has 0 radical (unpaired) electrons. The lowest BCUT2D eigenvalue weighted by atomic mass is 10.1. The highest BCUT2D eigenvalue weighted by Crippen LogP contribution is 2.17. The standard InChI is InChI=1S/C16H12N2O3/c17-10-11-21-16(20)13-8-4-5-9-14(13)18-15(19)12-6-2-1-3-7-12/h1-9H,11H2,(H,18,19). The molecular weight excluding hydrogens is 268 g/mol. The molecule has 21 heavy (non-hydrogen) atoms. The largest absolute Gasteiger partial charge is 0.447 e. The lowest BCUT2D eigenvalue weighted by Crippen LogP contribution is -2.15. The molecule has 0 aliphatic rings. The number of para-hydroxylation sites is 1. The molecule has 0 spiro atoms. The molecule has 0 aliphatic heterocycles. The molecule has 5 nitrogen and oxygen atoms in total. The molecule has 1 N–H and O–H groups in total. The van der Waals surface area contributed by atoms with Gasteiger partial charge in [0.15, 0.2) is 6.61 Å². The van der Waals surface area contributed by atoms with E-state index in [1.165, 1.54) is 6.07 Å². The molecule has 0 aliphatic carbocycles. The number of ether oxygens (including phenoxy) is 1. The van der Waals surface area contributed by atoms with Gasteiger partial charge in [-0.05, 0) is 24.3 Å². The second-order valence-corrected chi connectivity index (χ2v) is 4.10. The summed E-state index contributed by atoms with van der Waals surface area (Å²) in [6, 6.07) is 16.9. The summed E-state index contributed by atoms with van der Waals surface area (Å²) in [5.41, 5.74) is 1.03. The predicted molar refractivity (Wildman–Crippen MR) is 76.7 cm³/mol. The molecule has 5 heteroatoms. The third-order valence-electron chi connectivity index (χ3n) is 2.70. The zero-order valence-corrected chi connectivity index (χ0v) is 11.1.